The first-order chi connectivity index (χ1) is 15.7. The van der Waals surface area contributed by atoms with Gasteiger partial charge in [0.25, 0.3) is 16.8 Å². The highest BCUT2D eigenvalue weighted by Gasteiger charge is 2.36. The Morgan fingerprint density at radius 3 is 2.55 bits per heavy atom. The van der Waals surface area contributed by atoms with Crippen LogP contribution in [0, 0.1) is 10.1 Å². The number of benzene rings is 2. The number of esters is 1. The molecule has 2 amide bonds. The summed E-state index contributed by atoms with van der Waals surface area (Å²) < 4.78 is 10.4. The zero-order valence-corrected chi connectivity index (χ0v) is 19.4. The Kier molecular flexibility index (Phi) is 7.96. The molecule has 12 heteroatoms. The van der Waals surface area contributed by atoms with Crippen LogP contribution in [0.3, 0.4) is 0 Å². The maximum atomic E-state index is 12.5. The van der Waals surface area contributed by atoms with E-state index in [1.54, 1.807) is 13.0 Å². The molecule has 0 radical (unpaired) electrons. The van der Waals surface area contributed by atoms with Crippen molar-refractivity contribution in [1.82, 2.24) is 4.90 Å². The fourth-order valence-corrected chi connectivity index (χ4v) is 4.29. The van der Waals surface area contributed by atoms with Crippen molar-refractivity contribution in [3.05, 3.63) is 72.6 Å². The number of hydrogen-bond acceptors (Lipinski definition) is 8. The number of nitro groups is 1. The minimum atomic E-state index is -0.683. The van der Waals surface area contributed by atoms with Crippen molar-refractivity contribution < 1.29 is 28.8 Å². The van der Waals surface area contributed by atoms with Crippen LogP contribution in [0.2, 0.25) is 10.0 Å². The largest absolute Gasteiger partial charge is 0.486 e. The zero-order chi connectivity index (χ0) is 24.1. The third kappa shape index (κ3) is 6.04. The summed E-state index contributed by atoms with van der Waals surface area (Å²) >= 11 is 13.3. The summed E-state index contributed by atoms with van der Waals surface area (Å²) in [7, 11) is 0. The lowest BCUT2D eigenvalue weighted by Gasteiger charge is -2.11. The molecule has 0 aliphatic carbocycles. The minimum Gasteiger partial charge on any atom is -0.486 e. The molecule has 2 aromatic rings. The van der Waals surface area contributed by atoms with E-state index in [-0.39, 0.29) is 39.6 Å². The van der Waals surface area contributed by atoms with E-state index in [4.69, 9.17) is 32.7 Å². The van der Waals surface area contributed by atoms with E-state index in [2.05, 4.69) is 0 Å². The summed E-state index contributed by atoms with van der Waals surface area (Å²) in [5.41, 5.74) is 0.922. The number of nitrogens with zero attached hydrogens (tertiary/aromatic N) is 2. The molecule has 0 atom stereocenters. The van der Waals surface area contributed by atoms with Crippen molar-refractivity contribution in [3.8, 4) is 5.75 Å². The van der Waals surface area contributed by atoms with Crippen molar-refractivity contribution in [1.29, 1.82) is 0 Å². The summed E-state index contributed by atoms with van der Waals surface area (Å²) in [5, 5.41) is 10.6. The highest BCUT2D eigenvalue weighted by molar-refractivity contribution is 8.18. The van der Waals surface area contributed by atoms with Gasteiger partial charge < -0.3 is 9.47 Å². The number of hydrogen-bond donors (Lipinski definition) is 0. The lowest BCUT2D eigenvalue weighted by molar-refractivity contribution is -0.384. The van der Waals surface area contributed by atoms with Crippen LogP contribution in [-0.2, 0) is 20.9 Å². The normalized spacial score (nSPS) is 14.6. The highest BCUT2D eigenvalue weighted by Crippen LogP contribution is 2.37. The molecule has 0 aromatic heterocycles. The van der Waals surface area contributed by atoms with Crippen molar-refractivity contribution in [2.75, 3.05) is 13.2 Å². The SMILES string of the molecule is CCOC(=O)CN1C(=O)S/C(=C/c2cc(Cl)c(OCc3cccc([N+](=O)[O-])c3)c(Cl)c2)C1=O. The Hall–Kier alpha value is -3.08. The molecule has 1 aliphatic rings. The van der Waals surface area contributed by atoms with Gasteiger partial charge in [-0.3, -0.25) is 29.4 Å². The lowest BCUT2D eigenvalue weighted by atomic mass is 10.2. The Balaban J connectivity index is 1.75. The molecule has 1 aliphatic heterocycles. The second kappa shape index (κ2) is 10.7. The predicted octanol–water partition coefficient (Wildman–Crippen LogP) is 5.08. The van der Waals surface area contributed by atoms with Crippen LogP contribution >= 0.6 is 35.0 Å². The number of imide groups is 1. The molecular weight excluding hydrogens is 495 g/mol. The maximum Gasteiger partial charge on any atom is 0.326 e. The Labute approximate surface area is 202 Å². The molecule has 2 aromatic carbocycles. The second-order valence-electron chi connectivity index (χ2n) is 6.60. The molecule has 3 rings (SSSR count). The third-order valence-corrected chi connectivity index (χ3v) is 5.76. The van der Waals surface area contributed by atoms with E-state index in [0.29, 0.717) is 22.9 Å². The monoisotopic (exact) mass is 510 g/mol. The molecule has 1 heterocycles. The van der Waals surface area contributed by atoms with E-state index in [1.807, 2.05) is 0 Å². The molecule has 0 saturated carbocycles. The van der Waals surface area contributed by atoms with E-state index in [1.165, 1.54) is 36.4 Å². The number of rotatable bonds is 8. The predicted molar refractivity (Wildman–Crippen MR) is 123 cm³/mol. The molecule has 0 unspecified atom stereocenters. The molecule has 0 spiro atoms. The highest BCUT2D eigenvalue weighted by atomic mass is 35.5. The van der Waals surface area contributed by atoms with E-state index >= 15 is 0 Å². The number of ether oxygens (including phenoxy) is 2. The quantitative estimate of drug-likeness (QED) is 0.209. The van der Waals surface area contributed by atoms with Crippen molar-refractivity contribution in [2.24, 2.45) is 0 Å². The van der Waals surface area contributed by atoms with Gasteiger partial charge in [-0.2, -0.15) is 0 Å². The Morgan fingerprint density at radius 1 is 1.21 bits per heavy atom. The summed E-state index contributed by atoms with van der Waals surface area (Å²) in [6.07, 6.45) is 1.43. The first-order valence-corrected chi connectivity index (χ1v) is 11.0. The fourth-order valence-electron chi connectivity index (χ4n) is 2.84. The second-order valence-corrected chi connectivity index (χ2v) is 8.41. The van der Waals surface area contributed by atoms with Gasteiger partial charge in [0.1, 0.15) is 13.2 Å². The molecular formula is C21H16Cl2N2O7S. The number of carbonyl (C=O) groups excluding carboxylic acids is 3. The zero-order valence-electron chi connectivity index (χ0n) is 17.1. The Morgan fingerprint density at radius 2 is 1.91 bits per heavy atom. The standard InChI is InChI=1S/C21H16Cl2N2O7S/c1-2-31-18(26)10-24-20(27)17(33-21(24)28)9-13-7-15(22)19(16(23)8-13)32-11-12-4-3-5-14(6-12)25(29)30/h3-9H,2,10-11H2,1H3/b17-9+. The third-order valence-electron chi connectivity index (χ3n) is 4.29. The van der Waals surface area contributed by atoms with Gasteiger partial charge in [-0.05, 0) is 48.0 Å². The van der Waals surface area contributed by atoms with Crippen molar-refractivity contribution >= 4 is 63.8 Å². The van der Waals surface area contributed by atoms with Gasteiger partial charge in [0.05, 0.1) is 26.5 Å². The van der Waals surface area contributed by atoms with E-state index in [9.17, 15) is 24.5 Å². The fraction of sp³-hybridized carbons (Fsp3) is 0.190. The number of nitro benzene ring substituents is 1. The van der Waals surface area contributed by atoms with Crippen LogP contribution < -0.4 is 4.74 Å². The molecule has 9 nitrogen and oxygen atoms in total. The van der Waals surface area contributed by atoms with Crippen molar-refractivity contribution in [2.45, 2.75) is 13.5 Å². The molecule has 172 valence electrons. The minimum absolute atomic E-state index is 0.00673. The average Bonchev–Trinajstić information content (AvgIpc) is 3.01. The van der Waals surface area contributed by atoms with Gasteiger partial charge in [0.2, 0.25) is 0 Å². The smallest absolute Gasteiger partial charge is 0.326 e. The van der Waals surface area contributed by atoms with Crippen molar-refractivity contribution in [3.63, 3.8) is 0 Å². The van der Waals surface area contributed by atoms with Crippen LogP contribution in [0.4, 0.5) is 10.5 Å². The molecule has 33 heavy (non-hydrogen) atoms. The number of carbonyl (C=O) groups is 3. The number of halogens is 2. The van der Waals surface area contributed by atoms with Crippen LogP contribution in [0.5, 0.6) is 5.75 Å². The first kappa shape index (κ1) is 24.6. The average molecular weight is 511 g/mol. The van der Waals surface area contributed by atoms with Crippen LogP contribution in [-0.4, -0.2) is 40.1 Å². The maximum absolute atomic E-state index is 12.5. The summed E-state index contributed by atoms with van der Waals surface area (Å²) in [5.74, 6) is -1.15. The Bertz CT molecular complexity index is 1150. The molecule has 0 N–H and O–H groups in total. The topological polar surface area (TPSA) is 116 Å². The van der Waals surface area contributed by atoms with Crippen LogP contribution in [0.15, 0.2) is 41.3 Å². The van der Waals surface area contributed by atoms with E-state index < -0.39 is 28.6 Å². The number of non-ortho nitro benzene ring substituents is 1. The van der Waals surface area contributed by atoms with Gasteiger partial charge in [0, 0.05) is 12.1 Å². The van der Waals surface area contributed by atoms with Gasteiger partial charge in [0.15, 0.2) is 5.75 Å². The molecule has 0 bridgehead atoms. The number of amides is 2. The lowest BCUT2D eigenvalue weighted by Crippen LogP contribution is -2.34. The summed E-state index contributed by atoms with van der Waals surface area (Å²) in [6.45, 7) is 1.28. The number of thioether (sulfide) groups is 1. The molecule has 1 fully saturated rings. The van der Waals surface area contributed by atoms with Gasteiger partial charge >= 0.3 is 5.97 Å². The van der Waals surface area contributed by atoms with Gasteiger partial charge in [-0.25, -0.2) is 0 Å². The first-order valence-electron chi connectivity index (χ1n) is 9.45. The van der Waals surface area contributed by atoms with Crippen LogP contribution in [0.25, 0.3) is 6.08 Å². The molecule has 1 saturated heterocycles. The van der Waals surface area contributed by atoms with Crippen LogP contribution in [0.1, 0.15) is 18.1 Å². The van der Waals surface area contributed by atoms with Gasteiger partial charge in [-0.1, -0.05) is 35.3 Å². The van der Waals surface area contributed by atoms with Gasteiger partial charge in [-0.15, -0.1) is 0 Å². The van der Waals surface area contributed by atoms with E-state index in [0.717, 1.165) is 4.90 Å². The summed E-state index contributed by atoms with van der Waals surface area (Å²) in [4.78, 5) is 47.5. The summed E-state index contributed by atoms with van der Waals surface area (Å²) in [6, 6.07) is 8.94.